The van der Waals surface area contributed by atoms with Crippen molar-refractivity contribution in [2.24, 2.45) is 0 Å². The first-order valence-electron chi connectivity index (χ1n) is 10.9. The minimum Gasteiger partial charge on any atom is -0.378 e. The molecule has 0 bridgehead atoms. The van der Waals surface area contributed by atoms with E-state index in [1.165, 1.54) is 35.0 Å². The number of hydrogen-bond acceptors (Lipinski definition) is 7. The van der Waals surface area contributed by atoms with Crippen molar-refractivity contribution in [1.82, 2.24) is 19.6 Å². The molecule has 0 atom stereocenters. The lowest BCUT2D eigenvalue weighted by Gasteiger charge is -2.13. The van der Waals surface area contributed by atoms with Gasteiger partial charge in [0.15, 0.2) is 10.8 Å². The first kappa shape index (κ1) is 21.2. The Hall–Kier alpha value is -2.65. The van der Waals surface area contributed by atoms with Crippen molar-refractivity contribution in [3.05, 3.63) is 40.5 Å². The van der Waals surface area contributed by atoms with Crippen molar-refractivity contribution in [2.45, 2.75) is 44.2 Å². The van der Waals surface area contributed by atoms with E-state index in [-0.39, 0.29) is 11.7 Å². The zero-order valence-corrected chi connectivity index (χ0v) is 20.1. The first-order chi connectivity index (χ1) is 15.5. The van der Waals surface area contributed by atoms with E-state index in [0.29, 0.717) is 0 Å². The quantitative estimate of drug-likeness (QED) is 0.419. The lowest BCUT2D eigenvalue weighted by molar-refractivity contribution is -0.113. The summed E-state index contributed by atoms with van der Waals surface area (Å²) in [5.74, 6) is 1.14. The largest absolute Gasteiger partial charge is 0.378 e. The van der Waals surface area contributed by atoms with Gasteiger partial charge in [-0.3, -0.25) is 9.20 Å². The maximum absolute atomic E-state index is 12.6. The van der Waals surface area contributed by atoms with Gasteiger partial charge >= 0.3 is 0 Å². The molecule has 0 unspecified atom stereocenters. The van der Waals surface area contributed by atoms with Crippen LogP contribution in [0.2, 0.25) is 0 Å². The molecule has 0 radical (unpaired) electrons. The van der Waals surface area contributed by atoms with Gasteiger partial charge in [-0.15, -0.1) is 21.5 Å². The molecule has 3 aromatic heterocycles. The van der Waals surface area contributed by atoms with Crippen LogP contribution in [-0.2, 0) is 24.1 Å². The predicted molar refractivity (Wildman–Crippen MR) is 132 cm³/mol. The molecule has 1 aromatic carbocycles. The number of carbonyl (C=O) groups excluding carboxylic acids is 1. The Morgan fingerprint density at radius 1 is 1.19 bits per heavy atom. The normalized spacial score (nSPS) is 13.5. The molecular weight excluding hydrogens is 440 g/mol. The fraction of sp³-hybridized carbons (Fsp3) is 0.391. The second-order valence-electron chi connectivity index (χ2n) is 8.19. The second kappa shape index (κ2) is 8.71. The molecule has 1 amide bonds. The number of aryl methyl sites for hydroxylation is 3. The molecule has 0 fully saturated rings. The van der Waals surface area contributed by atoms with Crippen LogP contribution in [0.5, 0.6) is 0 Å². The van der Waals surface area contributed by atoms with E-state index in [2.05, 4.69) is 22.4 Å². The molecule has 0 spiro atoms. The standard InChI is InChI=1S/C23H26N6OS2/c1-4-18-25-22-20(16-7-5-6-8-17(16)32-22)21-26-27-23(29(18)21)31-13-19(30)24-14-9-11-15(12-10-14)28(2)3/h9-12H,4-8,13H2,1-3H3,(H,24,30). The van der Waals surface area contributed by atoms with Gasteiger partial charge in [0.1, 0.15) is 10.7 Å². The fourth-order valence-electron chi connectivity index (χ4n) is 4.19. The van der Waals surface area contributed by atoms with E-state index in [9.17, 15) is 4.79 Å². The van der Waals surface area contributed by atoms with E-state index in [1.807, 2.05) is 59.0 Å². The minimum atomic E-state index is -0.0654. The number of nitrogens with one attached hydrogen (secondary N) is 1. The summed E-state index contributed by atoms with van der Waals surface area (Å²) in [5.41, 5.74) is 4.16. The van der Waals surface area contributed by atoms with Gasteiger partial charge in [0.25, 0.3) is 0 Å². The fourth-order valence-corrected chi connectivity index (χ4v) is 6.22. The van der Waals surface area contributed by atoms with E-state index in [0.717, 1.165) is 57.5 Å². The van der Waals surface area contributed by atoms with Crippen LogP contribution in [0, 0.1) is 0 Å². The van der Waals surface area contributed by atoms with Gasteiger partial charge in [0.05, 0.1) is 11.1 Å². The van der Waals surface area contributed by atoms with E-state index in [1.54, 1.807) is 0 Å². The highest BCUT2D eigenvalue weighted by molar-refractivity contribution is 7.99. The molecule has 1 N–H and O–H groups in total. The Morgan fingerprint density at radius 2 is 1.97 bits per heavy atom. The molecule has 4 aromatic rings. The van der Waals surface area contributed by atoms with Crippen LogP contribution < -0.4 is 10.2 Å². The Bertz CT molecular complexity index is 1290. The summed E-state index contributed by atoms with van der Waals surface area (Å²) in [4.78, 5) is 22.1. The van der Waals surface area contributed by atoms with Gasteiger partial charge in [0, 0.05) is 36.8 Å². The average Bonchev–Trinajstić information content (AvgIpc) is 3.38. The van der Waals surface area contributed by atoms with Crippen LogP contribution in [-0.4, -0.2) is 45.3 Å². The average molecular weight is 467 g/mol. The molecule has 32 heavy (non-hydrogen) atoms. The smallest absolute Gasteiger partial charge is 0.234 e. The molecular formula is C23H26N6OS2. The van der Waals surface area contributed by atoms with Crippen LogP contribution in [0.25, 0.3) is 15.9 Å². The van der Waals surface area contributed by atoms with Crippen LogP contribution in [0.3, 0.4) is 0 Å². The first-order valence-corrected chi connectivity index (χ1v) is 12.7. The number of amides is 1. The van der Waals surface area contributed by atoms with E-state index >= 15 is 0 Å². The number of thiophene rings is 1. The van der Waals surface area contributed by atoms with Crippen LogP contribution in [0.4, 0.5) is 11.4 Å². The van der Waals surface area contributed by atoms with Gasteiger partial charge in [0.2, 0.25) is 5.91 Å². The number of benzene rings is 1. The molecule has 0 saturated heterocycles. The van der Waals surface area contributed by atoms with Crippen molar-refractivity contribution < 1.29 is 4.79 Å². The number of anilines is 2. The zero-order valence-electron chi connectivity index (χ0n) is 18.5. The van der Waals surface area contributed by atoms with Crippen LogP contribution in [0.1, 0.15) is 36.0 Å². The molecule has 1 aliphatic rings. The molecule has 166 valence electrons. The zero-order chi connectivity index (χ0) is 22.2. The molecule has 1 aliphatic carbocycles. The maximum Gasteiger partial charge on any atom is 0.234 e. The Labute approximate surface area is 195 Å². The number of thioether (sulfide) groups is 1. The maximum atomic E-state index is 12.6. The molecule has 3 heterocycles. The Kier molecular flexibility index (Phi) is 5.77. The number of rotatable bonds is 6. The number of fused-ring (bicyclic) bond motifs is 5. The Morgan fingerprint density at radius 3 is 2.72 bits per heavy atom. The van der Waals surface area contributed by atoms with Gasteiger partial charge in [-0.2, -0.15) is 0 Å². The summed E-state index contributed by atoms with van der Waals surface area (Å²) in [6, 6.07) is 7.81. The Balaban J connectivity index is 1.39. The SMILES string of the molecule is CCc1nc2sc3c(c2c2nnc(SCC(=O)Nc4ccc(N(C)C)cc4)n12)CCCC3. The third kappa shape index (κ3) is 3.84. The molecule has 5 rings (SSSR count). The minimum absolute atomic E-state index is 0.0654. The lowest BCUT2D eigenvalue weighted by atomic mass is 9.97. The monoisotopic (exact) mass is 466 g/mol. The summed E-state index contributed by atoms with van der Waals surface area (Å²) in [7, 11) is 3.98. The molecule has 0 aliphatic heterocycles. The second-order valence-corrected chi connectivity index (χ2v) is 10.2. The van der Waals surface area contributed by atoms with Crippen LogP contribution in [0.15, 0.2) is 29.4 Å². The highest BCUT2D eigenvalue weighted by atomic mass is 32.2. The van der Waals surface area contributed by atoms with Gasteiger partial charge in [-0.05, 0) is 55.5 Å². The summed E-state index contributed by atoms with van der Waals surface area (Å²) < 4.78 is 2.05. The van der Waals surface area contributed by atoms with Crippen molar-refractivity contribution >= 4 is 56.2 Å². The van der Waals surface area contributed by atoms with Crippen molar-refractivity contribution in [1.29, 1.82) is 0 Å². The number of carbonyl (C=O) groups is 1. The highest BCUT2D eigenvalue weighted by Crippen LogP contribution is 2.38. The van der Waals surface area contributed by atoms with Crippen LogP contribution >= 0.6 is 23.1 Å². The van der Waals surface area contributed by atoms with E-state index < -0.39 is 0 Å². The van der Waals surface area contributed by atoms with Gasteiger partial charge < -0.3 is 10.2 Å². The number of nitrogens with zero attached hydrogens (tertiary/aromatic N) is 5. The summed E-state index contributed by atoms with van der Waals surface area (Å²) in [5, 5.41) is 13.8. The molecule has 9 heteroatoms. The van der Waals surface area contributed by atoms with Crippen molar-refractivity contribution in [3.63, 3.8) is 0 Å². The third-order valence-corrected chi connectivity index (χ3v) is 7.93. The van der Waals surface area contributed by atoms with Crippen molar-refractivity contribution in [3.8, 4) is 0 Å². The topological polar surface area (TPSA) is 75.4 Å². The number of aromatic nitrogens is 4. The highest BCUT2D eigenvalue weighted by Gasteiger charge is 2.23. The lowest BCUT2D eigenvalue weighted by Crippen LogP contribution is -2.15. The summed E-state index contributed by atoms with van der Waals surface area (Å²) >= 11 is 3.21. The number of hydrogen-bond donors (Lipinski definition) is 1. The predicted octanol–water partition coefficient (Wildman–Crippen LogP) is 4.58. The summed E-state index contributed by atoms with van der Waals surface area (Å²) in [6.07, 6.45) is 5.46. The third-order valence-electron chi connectivity index (χ3n) is 5.81. The van der Waals surface area contributed by atoms with Gasteiger partial charge in [-0.25, -0.2) is 4.98 Å². The molecule has 0 saturated carbocycles. The van der Waals surface area contributed by atoms with Crippen molar-refractivity contribution in [2.75, 3.05) is 30.1 Å². The molecule has 7 nitrogen and oxygen atoms in total. The van der Waals surface area contributed by atoms with Gasteiger partial charge in [-0.1, -0.05) is 18.7 Å². The van der Waals surface area contributed by atoms with E-state index in [4.69, 9.17) is 4.98 Å². The summed E-state index contributed by atoms with van der Waals surface area (Å²) in [6.45, 7) is 2.10.